The predicted molar refractivity (Wildman–Crippen MR) is 58.1 cm³/mol. The average molecular weight is 218 g/mol. The Balaban J connectivity index is 4.21. The summed E-state index contributed by atoms with van der Waals surface area (Å²) in [5.74, 6) is 0. The van der Waals surface area contributed by atoms with E-state index in [1.807, 2.05) is 13.8 Å². The summed E-state index contributed by atoms with van der Waals surface area (Å²) in [6, 6.07) is 0. The van der Waals surface area contributed by atoms with Crippen molar-refractivity contribution in [1.29, 1.82) is 0 Å². The van der Waals surface area contributed by atoms with Gasteiger partial charge in [0, 0.05) is 0 Å². The standard InChI is InChI=1S/C11H22O4/c1-6-11(5,7-2)15-9(4)8(3)14-10(12)13/h8-9H,6-7H2,1-5H3,(H,12,13). The molecule has 0 aliphatic rings. The fourth-order valence-electron chi connectivity index (χ4n) is 1.22. The smallest absolute Gasteiger partial charge is 0.450 e. The molecule has 0 rings (SSSR count). The van der Waals surface area contributed by atoms with E-state index in [-0.39, 0.29) is 11.7 Å². The SMILES string of the molecule is CCC(C)(CC)OC(C)C(C)OC(=O)O. The van der Waals surface area contributed by atoms with Crippen LogP contribution in [0.25, 0.3) is 0 Å². The fraction of sp³-hybridized carbons (Fsp3) is 0.909. The zero-order valence-corrected chi connectivity index (χ0v) is 10.2. The van der Waals surface area contributed by atoms with Gasteiger partial charge in [0.25, 0.3) is 0 Å². The summed E-state index contributed by atoms with van der Waals surface area (Å²) in [6.07, 6.45) is -0.139. The van der Waals surface area contributed by atoms with Crippen molar-refractivity contribution in [3.05, 3.63) is 0 Å². The largest absolute Gasteiger partial charge is 0.506 e. The van der Waals surface area contributed by atoms with Crippen molar-refractivity contribution in [2.75, 3.05) is 0 Å². The summed E-state index contributed by atoms with van der Waals surface area (Å²) in [7, 11) is 0. The summed E-state index contributed by atoms with van der Waals surface area (Å²) in [5.41, 5.74) is -0.199. The second kappa shape index (κ2) is 5.95. The second-order valence-corrected chi connectivity index (χ2v) is 4.07. The van der Waals surface area contributed by atoms with Gasteiger partial charge in [0.1, 0.15) is 6.10 Å². The molecule has 4 nitrogen and oxygen atoms in total. The molecule has 1 N–H and O–H groups in total. The Bertz CT molecular complexity index is 199. The highest BCUT2D eigenvalue weighted by Crippen LogP contribution is 2.23. The maximum Gasteiger partial charge on any atom is 0.506 e. The van der Waals surface area contributed by atoms with Gasteiger partial charge in [0.05, 0.1) is 11.7 Å². The summed E-state index contributed by atoms with van der Waals surface area (Å²) in [5, 5.41) is 8.47. The topological polar surface area (TPSA) is 55.8 Å². The van der Waals surface area contributed by atoms with Crippen LogP contribution < -0.4 is 0 Å². The van der Waals surface area contributed by atoms with Crippen LogP contribution in [0.1, 0.15) is 47.5 Å². The van der Waals surface area contributed by atoms with Crippen molar-refractivity contribution in [2.24, 2.45) is 0 Å². The number of hydrogen-bond donors (Lipinski definition) is 1. The molecule has 0 aromatic rings. The lowest BCUT2D eigenvalue weighted by Gasteiger charge is -2.33. The molecule has 2 unspecified atom stereocenters. The molecule has 15 heavy (non-hydrogen) atoms. The van der Waals surface area contributed by atoms with Crippen LogP contribution in [0, 0.1) is 0 Å². The predicted octanol–water partition coefficient (Wildman–Crippen LogP) is 3.05. The molecular weight excluding hydrogens is 196 g/mol. The van der Waals surface area contributed by atoms with Crippen LogP contribution in [0.2, 0.25) is 0 Å². The first-order chi connectivity index (χ1) is 6.84. The van der Waals surface area contributed by atoms with Crippen molar-refractivity contribution in [1.82, 2.24) is 0 Å². The Morgan fingerprint density at radius 1 is 1.27 bits per heavy atom. The molecule has 0 amide bonds. The Kier molecular flexibility index (Phi) is 5.65. The highest BCUT2D eigenvalue weighted by atomic mass is 16.7. The van der Waals surface area contributed by atoms with Gasteiger partial charge in [-0.1, -0.05) is 13.8 Å². The number of carbonyl (C=O) groups is 1. The fourth-order valence-corrected chi connectivity index (χ4v) is 1.22. The van der Waals surface area contributed by atoms with Crippen molar-refractivity contribution in [3.8, 4) is 0 Å². The third kappa shape index (κ3) is 5.02. The first kappa shape index (κ1) is 14.2. The Morgan fingerprint density at radius 3 is 2.07 bits per heavy atom. The summed E-state index contributed by atoms with van der Waals surface area (Å²) in [6.45, 7) is 9.66. The van der Waals surface area contributed by atoms with Gasteiger partial charge in [-0.25, -0.2) is 4.79 Å². The van der Waals surface area contributed by atoms with Gasteiger partial charge >= 0.3 is 6.16 Å². The number of rotatable bonds is 6. The molecule has 0 aliphatic heterocycles. The zero-order valence-electron chi connectivity index (χ0n) is 10.2. The third-order valence-corrected chi connectivity index (χ3v) is 2.91. The van der Waals surface area contributed by atoms with Gasteiger partial charge in [-0.2, -0.15) is 0 Å². The van der Waals surface area contributed by atoms with Crippen LogP contribution >= 0.6 is 0 Å². The summed E-state index contributed by atoms with van der Waals surface area (Å²) in [4.78, 5) is 10.3. The van der Waals surface area contributed by atoms with Crippen molar-refractivity contribution in [3.63, 3.8) is 0 Å². The molecule has 0 saturated carbocycles. The molecular formula is C11H22O4. The molecule has 0 fully saturated rings. The van der Waals surface area contributed by atoms with E-state index in [9.17, 15) is 4.79 Å². The second-order valence-electron chi connectivity index (χ2n) is 4.07. The lowest BCUT2D eigenvalue weighted by atomic mass is 9.99. The first-order valence-corrected chi connectivity index (χ1v) is 5.42. The molecule has 0 aromatic heterocycles. The van der Waals surface area contributed by atoms with E-state index < -0.39 is 12.3 Å². The molecule has 0 spiro atoms. The maximum absolute atomic E-state index is 10.3. The minimum Gasteiger partial charge on any atom is -0.450 e. The molecule has 4 heteroatoms. The minimum absolute atomic E-state index is 0.199. The van der Waals surface area contributed by atoms with E-state index >= 15 is 0 Å². The minimum atomic E-state index is -1.26. The lowest BCUT2D eigenvalue weighted by Crippen LogP contribution is -2.37. The Morgan fingerprint density at radius 2 is 1.73 bits per heavy atom. The number of hydrogen-bond acceptors (Lipinski definition) is 3. The van der Waals surface area contributed by atoms with E-state index in [0.29, 0.717) is 0 Å². The molecule has 0 bridgehead atoms. The normalized spacial score (nSPS) is 15.8. The van der Waals surface area contributed by atoms with Gasteiger partial charge in [0.15, 0.2) is 0 Å². The first-order valence-electron chi connectivity index (χ1n) is 5.42. The quantitative estimate of drug-likeness (QED) is 0.696. The molecule has 0 aromatic carbocycles. The van der Waals surface area contributed by atoms with Crippen molar-refractivity contribution >= 4 is 6.16 Å². The third-order valence-electron chi connectivity index (χ3n) is 2.91. The Labute approximate surface area is 91.6 Å². The highest BCUT2D eigenvalue weighted by Gasteiger charge is 2.27. The van der Waals surface area contributed by atoms with Crippen molar-refractivity contribution < 1.29 is 19.4 Å². The molecule has 0 saturated heterocycles. The van der Waals surface area contributed by atoms with Gasteiger partial charge in [0.2, 0.25) is 0 Å². The van der Waals surface area contributed by atoms with Gasteiger partial charge < -0.3 is 14.6 Å². The summed E-state index contributed by atoms with van der Waals surface area (Å²) < 4.78 is 10.4. The molecule has 0 heterocycles. The molecule has 0 radical (unpaired) electrons. The zero-order chi connectivity index (χ0) is 12.1. The number of ether oxygens (including phenoxy) is 2. The van der Waals surface area contributed by atoms with Gasteiger partial charge in [-0.15, -0.1) is 0 Å². The Hall–Kier alpha value is -0.770. The molecule has 0 aliphatic carbocycles. The van der Waals surface area contributed by atoms with E-state index in [1.165, 1.54) is 0 Å². The van der Waals surface area contributed by atoms with Crippen LogP contribution in [0.3, 0.4) is 0 Å². The van der Waals surface area contributed by atoms with Gasteiger partial charge in [-0.3, -0.25) is 0 Å². The molecule has 2 atom stereocenters. The monoisotopic (exact) mass is 218 g/mol. The van der Waals surface area contributed by atoms with Crippen molar-refractivity contribution in [2.45, 2.75) is 65.3 Å². The maximum atomic E-state index is 10.3. The van der Waals surface area contributed by atoms with Crippen LogP contribution in [0.5, 0.6) is 0 Å². The highest BCUT2D eigenvalue weighted by molar-refractivity contribution is 5.57. The van der Waals surface area contributed by atoms with E-state index in [1.54, 1.807) is 6.92 Å². The van der Waals surface area contributed by atoms with Gasteiger partial charge in [-0.05, 0) is 33.6 Å². The van der Waals surface area contributed by atoms with Crippen LogP contribution in [-0.4, -0.2) is 29.1 Å². The lowest BCUT2D eigenvalue weighted by molar-refractivity contribution is -0.123. The van der Waals surface area contributed by atoms with Crippen LogP contribution in [-0.2, 0) is 9.47 Å². The van der Waals surface area contributed by atoms with E-state index in [4.69, 9.17) is 9.84 Å². The average Bonchev–Trinajstić information content (AvgIpc) is 2.16. The molecule has 90 valence electrons. The van der Waals surface area contributed by atoms with Crippen LogP contribution in [0.4, 0.5) is 4.79 Å². The van der Waals surface area contributed by atoms with Crippen LogP contribution in [0.15, 0.2) is 0 Å². The van der Waals surface area contributed by atoms with E-state index in [2.05, 4.69) is 18.6 Å². The van der Waals surface area contributed by atoms with E-state index in [0.717, 1.165) is 12.8 Å². The number of carboxylic acid groups (broad SMARTS) is 1. The summed E-state index contributed by atoms with van der Waals surface area (Å²) >= 11 is 0.